The zero-order valence-corrected chi connectivity index (χ0v) is 12.6. The van der Waals surface area contributed by atoms with Crippen LogP contribution < -0.4 is 5.32 Å². The summed E-state index contributed by atoms with van der Waals surface area (Å²) in [5, 5.41) is 4.34. The van der Waals surface area contributed by atoms with Crippen molar-refractivity contribution in [3.63, 3.8) is 0 Å². The summed E-state index contributed by atoms with van der Waals surface area (Å²) >= 11 is 2.06. The molecule has 18 heavy (non-hydrogen) atoms. The molecule has 0 unspecified atom stereocenters. The van der Waals surface area contributed by atoms with Gasteiger partial charge < -0.3 is 10.3 Å². The summed E-state index contributed by atoms with van der Waals surface area (Å²) < 4.78 is 0. The van der Waals surface area contributed by atoms with Crippen LogP contribution in [0, 0.1) is 0 Å². The summed E-state index contributed by atoms with van der Waals surface area (Å²) in [5.41, 5.74) is 1.34. The second-order valence-corrected chi connectivity index (χ2v) is 7.46. The fourth-order valence-electron chi connectivity index (χ4n) is 2.18. The first kappa shape index (κ1) is 13.9. The van der Waals surface area contributed by atoms with Crippen molar-refractivity contribution in [1.29, 1.82) is 0 Å². The SMILES string of the molecule is CC(C)(C)NCc1cnc(CSC2CCCC2)[nH]1. The molecule has 3 nitrogen and oxygen atoms in total. The van der Waals surface area contributed by atoms with Crippen LogP contribution in [0.4, 0.5) is 0 Å². The zero-order chi connectivity index (χ0) is 13.0. The van der Waals surface area contributed by atoms with E-state index in [1.54, 1.807) is 0 Å². The Morgan fingerprint density at radius 1 is 1.39 bits per heavy atom. The predicted octanol–water partition coefficient (Wildman–Crippen LogP) is 3.47. The predicted molar refractivity (Wildman–Crippen MR) is 78.7 cm³/mol. The molecule has 1 heterocycles. The third kappa shape index (κ3) is 4.65. The standard InChI is InChI=1S/C14H25N3S/c1-14(2,3)16-9-11-8-15-13(17-11)10-18-12-6-4-5-7-12/h8,12,16H,4-7,9-10H2,1-3H3,(H,15,17). The van der Waals surface area contributed by atoms with E-state index < -0.39 is 0 Å². The fraction of sp³-hybridized carbons (Fsp3) is 0.786. The van der Waals surface area contributed by atoms with Crippen LogP contribution in [-0.2, 0) is 12.3 Å². The number of H-pyrrole nitrogens is 1. The van der Waals surface area contributed by atoms with Gasteiger partial charge in [-0.25, -0.2) is 4.98 Å². The summed E-state index contributed by atoms with van der Waals surface area (Å²) in [4.78, 5) is 7.88. The number of rotatable bonds is 5. The van der Waals surface area contributed by atoms with E-state index in [9.17, 15) is 0 Å². The van der Waals surface area contributed by atoms with Gasteiger partial charge in [-0.1, -0.05) is 12.8 Å². The first-order valence-electron chi connectivity index (χ1n) is 6.92. The molecular weight excluding hydrogens is 242 g/mol. The van der Waals surface area contributed by atoms with Gasteiger partial charge in [0.15, 0.2) is 0 Å². The molecule has 102 valence electrons. The quantitative estimate of drug-likeness (QED) is 0.858. The molecule has 0 radical (unpaired) electrons. The van der Waals surface area contributed by atoms with Crippen molar-refractivity contribution in [1.82, 2.24) is 15.3 Å². The van der Waals surface area contributed by atoms with Gasteiger partial charge in [-0.15, -0.1) is 0 Å². The molecule has 0 bridgehead atoms. The Morgan fingerprint density at radius 2 is 2.11 bits per heavy atom. The Hall–Kier alpha value is -0.480. The minimum absolute atomic E-state index is 0.157. The molecule has 0 aliphatic heterocycles. The topological polar surface area (TPSA) is 40.7 Å². The van der Waals surface area contributed by atoms with Crippen LogP contribution in [0.5, 0.6) is 0 Å². The largest absolute Gasteiger partial charge is 0.344 e. The average molecular weight is 267 g/mol. The van der Waals surface area contributed by atoms with Crippen molar-refractivity contribution in [2.45, 2.75) is 69.5 Å². The number of aromatic amines is 1. The molecule has 0 amide bonds. The highest BCUT2D eigenvalue weighted by atomic mass is 32.2. The highest BCUT2D eigenvalue weighted by molar-refractivity contribution is 7.99. The lowest BCUT2D eigenvalue weighted by atomic mass is 10.1. The third-order valence-electron chi connectivity index (χ3n) is 3.25. The number of hydrogen-bond donors (Lipinski definition) is 2. The van der Waals surface area contributed by atoms with E-state index in [4.69, 9.17) is 0 Å². The Bertz CT molecular complexity index is 361. The van der Waals surface area contributed by atoms with Gasteiger partial charge in [0.05, 0.1) is 5.75 Å². The van der Waals surface area contributed by atoms with E-state index in [0.29, 0.717) is 0 Å². The van der Waals surface area contributed by atoms with E-state index in [1.165, 1.54) is 31.4 Å². The summed E-state index contributed by atoms with van der Waals surface area (Å²) in [5.74, 6) is 2.15. The number of nitrogens with zero attached hydrogens (tertiary/aromatic N) is 1. The minimum atomic E-state index is 0.157. The lowest BCUT2D eigenvalue weighted by molar-refractivity contribution is 0.421. The van der Waals surface area contributed by atoms with Crippen molar-refractivity contribution in [2.24, 2.45) is 0 Å². The second kappa shape index (κ2) is 6.11. The van der Waals surface area contributed by atoms with Crippen molar-refractivity contribution in [3.05, 3.63) is 17.7 Å². The molecule has 1 fully saturated rings. The van der Waals surface area contributed by atoms with Crippen LogP contribution in [0.15, 0.2) is 6.20 Å². The Labute approximate surface area is 115 Å². The zero-order valence-electron chi connectivity index (χ0n) is 11.8. The normalized spacial score (nSPS) is 17.5. The molecule has 2 rings (SSSR count). The highest BCUT2D eigenvalue weighted by Gasteiger charge is 2.16. The number of nitrogens with one attached hydrogen (secondary N) is 2. The first-order valence-corrected chi connectivity index (χ1v) is 7.97. The number of thioether (sulfide) groups is 1. The fourth-order valence-corrected chi connectivity index (χ4v) is 3.39. The first-order chi connectivity index (χ1) is 8.53. The average Bonchev–Trinajstić information content (AvgIpc) is 2.94. The molecule has 0 saturated heterocycles. The van der Waals surface area contributed by atoms with E-state index in [-0.39, 0.29) is 5.54 Å². The summed E-state index contributed by atoms with van der Waals surface area (Å²) in [6.07, 6.45) is 7.57. The van der Waals surface area contributed by atoms with Gasteiger partial charge in [0, 0.05) is 29.2 Å². The van der Waals surface area contributed by atoms with Gasteiger partial charge in [0.1, 0.15) is 5.82 Å². The van der Waals surface area contributed by atoms with Crippen molar-refractivity contribution >= 4 is 11.8 Å². The van der Waals surface area contributed by atoms with E-state index in [2.05, 4.69) is 47.8 Å². The van der Waals surface area contributed by atoms with Crippen LogP contribution in [0.25, 0.3) is 0 Å². The Kier molecular flexibility index (Phi) is 4.73. The molecule has 4 heteroatoms. The molecule has 0 spiro atoms. The smallest absolute Gasteiger partial charge is 0.116 e. The van der Waals surface area contributed by atoms with Crippen LogP contribution in [0.1, 0.15) is 58.0 Å². The molecule has 0 aromatic carbocycles. The number of hydrogen-bond acceptors (Lipinski definition) is 3. The molecular formula is C14H25N3S. The molecule has 1 aliphatic carbocycles. The van der Waals surface area contributed by atoms with E-state index in [1.807, 2.05) is 6.20 Å². The molecule has 1 aromatic heterocycles. The van der Waals surface area contributed by atoms with E-state index in [0.717, 1.165) is 23.4 Å². The second-order valence-electron chi connectivity index (χ2n) is 6.18. The monoisotopic (exact) mass is 267 g/mol. The summed E-state index contributed by atoms with van der Waals surface area (Å²) in [6, 6.07) is 0. The van der Waals surface area contributed by atoms with Gasteiger partial charge >= 0.3 is 0 Å². The highest BCUT2D eigenvalue weighted by Crippen LogP contribution is 2.30. The number of aromatic nitrogens is 2. The lowest BCUT2D eigenvalue weighted by Gasteiger charge is -2.19. The minimum Gasteiger partial charge on any atom is -0.344 e. The molecule has 1 aliphatic rings. The summed E-state index contributed by atoms with van der Waals surface area (Å²) in [6.45, 7) is 7.41. The third-order valence-corrected chi connectivity index (χ3v) is 4.63. The van der Waals surface area contributed by atoms with Crippen molar-refractivity contribution < 1.29 is 0 Å². The van der Waals surface area contributed by atoms with Crippen LogP contribution in [0.2, 0.25) is 0 Å². The molecule has 1 saturated carbocycles. The summed E-state index contributed by atoms with van der Waals surface area (Å²) in [7, 11) is 0. The molecule has 0 atom stereocenters. The van der Waals surface area contributed by atoms with Gasteiger partial charge in [-0.2, -0.15) is 11.8 Å². The van der Waals surface area contributed by atoms with Gasteiger partial charge in [-0.05, 0) is 33.6 Å². The van der Waals surface area contributed by atoms with Crippen LogP contribution in [-0.4, -0.2) is 20.8 Å². The maximum absolute atomic E-state index is 4.46. The lowest BCUT2D eigenvalue weighted by Crippen LogP contribution is -2.35. The van der Waals surface area contributed by atoms with Crippen LogP contribution >= 0.6 is 11.8 Å². The van der Waals surface area contributed by atoms with Gasteiger partial charge in [0.25, 0.3) is 0 Å². The maximum Gasteiger partial charge on any atom is 0.116 e. The Balaban J connectivity index is 1.75. The van der Waals surface area contributed by atoms with Crippen LogP contribution in [0.3, 0.4) is 0 Å². The van der Waals surface area contributed by atoms with Gasteiger partial charge in [0.2, 0.25) is 0 Å². The van der Waals surface area contributed by atoms with Crippen molar-refractivity contribution in [3.8, 4) is 0 Å². The maximum atomic E-state index is 4.46. The number of imidazole rings is 1. The van der Waals surface area contributed by atoms with Crippen molar-refractivity contribution in [2.75, 3.05) is 0 Å². The molecule has 2 N–H and O–H groups in total. The van der Waals surface area contributed by atoms with Gasteiger partial charge in [-0.3, -0.25) is 0 Å². The Morgan fingerprint density at radius 3 is 2.78 bits per heavy atom. The van der Waals surface area contributed by atoms with E-state index >= 15 is 0 Å². The molecule has 1 aromatic rings.